The van der Waals surface area contributed by atoms with Gasteiger partial charge in [0.15, 0.2) is 0 Å². The molecule has 1 aromatic rings. The van der Waals surface area contributed by atoms with Crippen LogP contribution in [-0.2, 0) is 9.68 Å². The van der Waals surface area contributed by atoms with E-state index in [-0.39, 0.29) is 4.81 Å². The smallest absolute Gasteiger partial charge is 0.161 e. The van der Waals surface area contributed by atoms with Crippen molar-refractivity contribution < 1.29 is 9.68 Å². The maximum absolute atomic E-state index is 5.62. The highest BCUT2D eigenvalue weighted by Gasteiger charge is 2.34. The van der Waals surface area contributed by atoms with Crippen LogP contribution in [0.5, 0.6) is 0 Å². The zero-order chi connectivity index (χ0) is 11.1. The third-order valence-corrected chi connectivity index (χ3v) is 2.00. The molecule has 0 amide bonds. The van der Waals surface area contributed by atoms with Gasteiger partial charge in [-0.05, 0) is 26.8 Å². The Morgan fingerprint density at radius 3 is 2.27 bits per heavy atom. The van der Waals surface area contributed by atoms with Crippen molar-refractivity contribution in [1.29, 1.82) is 0 Å². The standard InChI is InChI=1S/C10H18N3O2/c1-4-13(14-5-2,15-6-3)10-8-7-9-11-12-10/h7-9H,4-6H2,1-3H3/q+1. The molecule has 0 aliphatic rings. The van der Waals surface area contributed by atoms with Crippen molar-refractivity contribution in [1.82, 2.24) is 15.0 Å². The Balaban J connectivity index is 2.97. The molecule has 1 heterocycles. The van der Waals surface area contributed by atoms with Gasteiger partial charge in [0.05, 0.1) is 6.20 Å². The fourth-order valence-electron chi connectivity index (χ4n) is 1.41. The molecule has 0 radical (unpaired) electrons. The van der Waals surface area contributed by atoms with Gasteiger partial charge < -0.3 is 0 Å². The largest absolute Gasteiger partial charge is 0.313 e. The number of hydrogen-bond donors (Lipinski definition) is 0. The lowest BCUT2D eigenvalue weighted by atomic mass is 10.5. The van der Waals surface area contributed by atoms with E-state index in [1.165, 1.54) is 0 Å². The third-order valence-electron chi connectivity index (χ3n) is 2.00. The molecule has 0 unspecified atom stereocenters. The molecule has 1 aromatic heterocycles. The van der Waals surface area contributed by atoms with Gasteiger partial charge in [-0.3, -0.25) is 0 Å². The molecule has 5 heteroatoms. The predicted octanol–water partition coefficient (Wildman–Crippen LogP) is 1.71. The second-order valence-electron chi connectivity index (χ2n) is 2.91. The van der Waals surface area contributed by atoms with Gasteiger partial charge in [0.2, 0.25) is 0 Å². The highest BCUT2D eigenvalue weighted by Crippen LogP contribution is 2.20. The number of hydroxylamine groups is 2. The van der Waals surface area contributed by atoms with Crippen LogP contribution in [0.4, 0.5) is 5.82 Å². The van der Waals surface area contributed by atoms with Crippen LogP contribution in [0.3, 0.4) is 0 Å². The van der Waals surface area contributed by atoms with Crippen LogP contribution < -0.4 is 4.81 Å². The molecule has 84 valence electrons. The minimum Gasteiger partial charge on any atom is -0.161 e. The monoisotopic (exact) mass is 212 g/mol. The molecular formula is C10H18N3O2+. The lowest BCUT2D eigenvalue weighted by Gasteiger charge is -2.28. The first-order chi connectivity index (χ1) is 7.29. The summed E-state index contributed by atoms with van der Waals surface area (Å²) in [4.78, 5) is 11.2. The number of aromatic nitrogens is 2. The van der Waals surface area contributed by atoms with Crippen molar-refractivity contribution in [2.75, 3.05) is 19.8 Å². The molecule has 0 aromatic carbocycles. The summed E-state index contributed by atoms with van der Waals surface area (Å²) >= 11 is 0. The Labute approximate surface area is 90.1 Å². The van der Waals surface area contributed by atoms with Crippen LogP contribution >= 0.6 is 0 Å². The van der Waals surface area contributed by atoms with E-state index in [0.29, 0.717) is 25.6 Å². The number of hydrogen-bond acceptors (Lipinski definition) is 4. The summed E-state index contributed by atoms with van der Waals surface area (Å²) in [5.41, 5.74) is 0. The van der Waals surface area contributed by atoms with Gasteiger partial charge in [-0.2, -0.15) is 14.8 Å². The average molecular weight is 212 g/mol. The molecule has 0 N–H and O–H groups in total. The van der Waals surface area contributed by atoms with Crippen molar-refractivity contribution in [3.63, 3.8) is 0 Å². The topological polar surface area (TPSA) is 44.2 Å². The van der Waals surface area contributed by atoms with E-state index < -0.39 is 0 Å². The molecule has 0 aliphatic heterocycles. The van der Waals surface area contributed by atoms with E-state index >= 15 is 0 Å². The van der Waals surface area contributed by atoms with Gasteiger partial charge >= 0.3 is 5.82 Å². The van der Waals surface area contributed by atoms with Crippen molar-refractivity contribution in [2.45, 2.75) is 20.8 Å². The summed E-state index contributed by atoms with van der Waals surface area (Å²) in [5, 5.41) is 7.87. The molecule has 0 atom stereocenters. The van der Waals surface area contributed by atoms with Crippen LogP contribution in [0, 0.1) is 0 Å². The molecule has 0 bridgehead atoms. The number of rotatable bonds is 6. The van der Waals surface area contributed by atoms with Crippen LogP contribution in [-0.4, -0.2) is 30.0 Å². The first-order valence-electron chi connectivity index (χ1n) is 5.24. The third kappa shape index (κ3) is 2.71. The highest BCUT2D eigenvalue weighted by molar-refractivity contribution is 5.26. The van der Waals surface area contributed by atoms with Crippen molar-refractivity contribution in [3.8, 4) is 0 Å². The quantitative estimate of drug-likeness (QED) is 0.532. The first kappa shape index (κ1) is 12.0. The summed E-state index contributed by atoms with van der Waals surface area (Å²) in [6.45, 7) is 7.62. The minimum atomic E-state index is -0.0269. The van der Waals surface area contributed by atoms with E-state index in [1.807, 2.05) is 32.9 Å². The molecule has 15 heavy (non-hydrogen) atoms. The Kier molecular flexibility index (Phi) is 4.61. The lowest BCUT2D eigenvalue weighted by molar-refractivity contribution is -0.349. The van der Waals surface area contributed by atoms with Gasteiger partial charge in [0, 0.05) is 10.9 Å². The Morgan fingerprint density at radius 2 is 1.87 bits per heavy atom. The Bertz CT molecular complexity index is 273. The average Bonchev–Trinajstić information content (AvgIpc) is 2.30. The van der Waals surface area contributed by atoms with E-state index in [9.17, 15) is 0 Å². The molecule has 0 aliphatic carbocycles. The molecular weight excluding hydrogens is 194 g/mol. The second-order valence-corrected chi connectivity index (χ2v) is 2.91. The van der Waals surface area contributed by atoms with Crippen molar-refractivity contribution in [3.05, 3.63) is 18.3 Å². The summed E-state index contributed by atoms with van der Waals surface area (Å²) in [5.74, 6) is 0.670. The zero-order valence-corrected chi connectivity index (χ0v) is 9.51. The van der Waals surface area contributed by atoms with Crippen LogP contribution in [0.1, 0.15) is 20.8 Å². The second kappa shape index (κ2) is 5.75. The normalized spacial score (nSPS) is 11.7. The fourth-order valence-corrected chi connectivity index (χ4v) is 1.41. The molecule has 1 rings (SSSR count). The van der Waals surface area contributed by atoms with Gasteiger partial charge in [-0.25, -0.2) is 0 Å². The molecule has 0 fully saturated rings. The number of quaternary nitrogens is 1. The summed E-state index contributed by atoms with van der Waals surface area (Å²) in [6.07, 6.45) is 1.63. The SMILES string of the molecule is CCO[N+](CC)(OCC)c1cccnn1. The molecule has 5 nitrogen and oxygen atoms in total. The van der Waals surface area contributed by atoms with Crippen LogP contribution in [0.2, 0.25) is 0 Å². The van der Waals surface area contributed by atoms with Crippen molar-refractivity contribution >= 4 is 5.82 Å². The van der Waals surface area contributed by atoms with Gasteiger partial charge in [-0.15, -0.1) is 0 Å². The summed E-state index contributed by atoms with van der Waals surface area (Å²) in [7, 11) is 0. The van der Waals surface area contributed by atoms with E-state index in [2.05, 4.69) is 10.2 Å². The van der Waals surface area contributed by atoms with Crippen molar-refractivity contribution in [2.24, 2.45) is 0 Å². The van der Waals surface area contributed by atoms with Crippen LogP contribution in [0.15, 0.2) is 18.3 Å². The Morgan fingerprint density at radius 1 is 1.20 bits per heavy atom. The highest BCUT2D eigenvalue weighted by atomic mass is 17.0. The van der Waals surface area contributed by atoms with Gasteiger partial charge in [0.25, 0.3) is 0 Å². The Hall–Kier alpha value is -1.04. The predicted molar refractivity (Wildman–Crippen MR) is 57.6 cm³/mol. The van der Waals surface area contributed by atoms with E-state index in [4.69, 9.17) is 9.68 Å². The minimum absolute atomic E-state index is 0.0269. The van der Waals surface area contributed by atoms with E-state index in [0.717, 1.165) is 0 Å². The molecule has 0 saturated heterocycles. The van der Waals surface area contributed by atoms with Gasteiger partial charge in [0.1, 0.15) is 19.8 Å². The summed E-state index contributed by atoms with van der Waals surface area (Å²) in [6, 6.07) is 3.67. The first-order valence-corrected chi connectivity index (χ1v) is 5.24. The van der Waals surface area contributed by atoms with Crippen LogP contribution in [0.25, 0.3) is 0 Å². The number of nitrogens with zero attached hydrogens (tertiary/aromatic N) is 3. The maximum atomic E-state index is 5.62. The summed E-state index contributed by atoms with van der Waals surface area (Å²) < 4.78 is 0. The maximum Gasteiger partial charge on any atom is 0.313 e. The molecule has 0 saturated carbocycles. The molecule has 0 spiro atoms. The van der Waals surface area contributed by atoms with Gasteiger partial charge in [-0.1, -0.05) is 5.10 Å². The fraction of sp³-hybridized carbons (Fsp3) is 0.600. The van der Waals surface area contributed by atoms with E-state index in [1.54, 1.807) is 6.20 Å². The zero-order valence-electron chi connectivity index (χ0n) is 9.51. The lowest BCUT2D eigenvalue weighted by Crippen LogP contribution is -2.49.